The van der Waals surface area contributed by atoms with E-state index in [1.165, 1.54) is 19.2 Å². The van der Waals surface area contributed by atoms with Crippen molar-refractivity contribution in [3.05, 3.63) is 82.5 Å². The molecular formula is C27H25BrFN5O2. The van der Waals surface area contributed by atoms with Crippen LogP contribution < -0.4 is 4.74 Å². The molecule has 36 heavy (non-hydrogen) atoms. The van der Waals surface area contributed by atoms with E-state index < -0.39 is 5.82 Å². The molecule has 0 saturated carbocycles. The fourth-order valence-electron chi connectivity index (χ4n) is 5.41. The highest BCUT2D eigenvalue weighted by Crippen LogP contribution is 2.34. The first-order chi connectivity index (χ1) is 17.5. The number of hydrogen-bond donors (Lipinski definition) is 0. The number of fused-ring (bicyclic) bond motifs is 4. The second-order valence-corrected chi connectivity index (χ2v) is 10.2. The highest BCUT2D eigenvalue weighted by molar-refractivity contribution is 9.10. The number of hydrogen-bond acceptors (Lipinski definition) is 5. The number of carbonyl (C=O) groups excluding carboxylic acids is 1. The van der Waals surface area contributed by atoms with Crippen molar-refractivity contribution in [2.75, 3.05) is 20.2 Å². The number of ether oxygens (including phenoxy) is 1. The van der Waals surface area contributed by atoms with Crippen LogP contribution in [0.2, 0.25) is 0 Å². The van der Waals surface area contributed by atoms with E-state index in [2.05, 4.69) is 48.5 Å². The zero-order chi connectivity index (χ0) is 24.8. The molecule has 1 aromatic carbocycles. The number of piperazine rings is 1. The summed E-state index contributed by atoms with van der Waals surface area (Å²) in [5, 5.41) is 0. The molecule has 0 N–H and O–H groups in total. The summed E-state index contributed by atoms with van der Waals surface area (Å²) >= 11 is 3.52. The molecule has 3 aliphatic rings. The number of nitrogens with zero attached hydrogens (tertiary/aromatic N) is 5. The maximum Gasteiger partial charge on any atom is 0.276 e. The number of piperidine rings is 2. The Bertz CT molecular complexity index is 1440. The average molecular weight is 550 g/mol. The topological polar surface area (TPSA) is 63.0 Å². The van der Waals surface area contributed by atoms with Crippen LogP contribution in [0.5, 0.6) is 5.88 Å². The van der Waals surface area contributed by atoms with E-state index in [-0.39, 0.29) is 29.6 Å². The van der Waals surface area contributed by atoms with Crippen molar-refractivity contribution < 1.29 is 13.9 Å². The molecule has 0 spiro atoms. The van der Waals surface area contributed by atoms with Crippen molar-refractivity contribution >= 4 is 27.5 Å². The number of rotatable bonds is 5. The van der Waals surface area contributed by atoms with Gasteiger partial charge >= 0.3 is 0 Å². The first-order valence-electron chi connectivity index (χ1n) is 12.0. The SMILES string of the molecule is COc1ccc(F)c(C(=O)N2CC3CCC2CN3Cc2c(-c3ccc(Br)cc3)nc3ccccn23)n1. The van der Waals surface area contributed by atoms with Crippen molar-refractivity contribution in [2.45, 2.75) is 31.5 Å². The van der Waals surface area contributed by atoms with E-state index in [1.54, 1.807) is 4.90 Å². The maximum absolute atomic E-state index is 14.5. The van der Waals surface area contributed by atoms with E-state index in [9.17, 15) is 9.18 Å². The zero-order valence-electron chi connectivity index (χ0n) is 19.8. The molecule has 184 valence electrons. The van der Waals surface area contributed by atoms with Crippen LogP contribution in [0.1, 0.15) is 29.0 Å². The smallest absolute Gasteiger partial charge is 0.276 e. The lowest BCUT2D eigenvalue weighted by atomic mass is 9.90. The van der Waals surface area contributed by atoms with Gasteiger partial charge in [-0.3, -0.25) is 9.69 Å². The Labute approximate surface area is 216 Å². The Kier molecular flexibility index (Phi) is 5.97. The lowest BCUT2D eigenvalue weighted by Gasteiger charge is -2.51. The summed E-state index contributed by atoms with van der Waals surface area (Å²) in [7, 11) is 1.46. The van der Waals surface area contributed by atoms with Gasteiger partial charge in [-0.15, -0.1) is 0 Å². The molecule has 9 heteroatoms. The summed E-state index contributed by atoms with van der Waals surface area (Å²) in [6.45, 7) is 1.99. The predicted molar refractivity (Wildman–Crippen MR) is 137 cm³/mol. The van der Waals surface area contributed by atoms with Crippen molar-refractivity contribution in [1.29, 1.82) is 0 Å². The second kappa shape index (κ2) is 9.29. The fraction of sp³-hybridized carbons (Fsp3) is 0.296. The van der Waals surface area contributed by atoms with E-state index in [0.29, 0.717) is 13.1 Å². The summed E-state index contributed by atoms with van der Waals surface area (Å²) < 4.78 is 22.8. The molecule has 3 aliphatic heterocycles. The van der Waals surface area contributed by atoms with Gasteiger partial charge < -0.3 is 14.0 Å². The molecule has 6 heterocycles. The monoisotopic (exact) mass is 549 g/mol. The van der Waals surface area contributed by atoms with Gasteiger partial charge in [0.15, 0.2) is 11.5 Å². The minimum atomic E-state index is -0.621. The van der Waals surface area contributed by atoms with Crippen LogP contribution in [-0.4, -0.2) is 62.4 Å². The molecule has 2 atom stereocenters. The summed E-state index contributed by atoms with van der Waals surface area (Å²) in [6.07, 6.45) is 3.94. The lowest BCUT2D eigenvalue weighted by molar-refractivity contribution is -0.0165. The molecule has 4 aromatic rings. The van der Waals surface area contributed by atoms with Gasteiger partial charge in [0, 0.05) is 54.0 Å². The molecule has 3 fully saturated rings. The number of halogens is 2. The predicted octanol–water partition coefficient (Wildman–Crippen LogP) is 4.80. The Morgan fingerprint density at radius 3 is 2.61 bits per heavy atom. The normalized spacial score (nSPS) is 19.7. The molecule has 0 radical (unpaired) electrons. The Balaban J connectivity index is 1.28. The third-order valence-electron chi connectivity index (χ3n) is 7.24. The molecule has 2 unspecified atom stereocenters. The molecule has 3 saturated heterocycles. The van der Waals surface area contributed by atoms with Crippen molar-refractivity contribution in [3.63, 3.8) is 0 Å². The van der Waals surface area contributed by atoms with Crippen molar-refractivity contribution in [1.82, 2.24) is 24.2 Å². The minimum absolute atomic E-state index is 0.00483. The highest BCUT2D eigenvalue weighted by atomic mass is 79.9. The number of amides is 1. The standard InChI is InChI=1S/C27H25BrFN5O2/c1-36-24-12-11-21(29)26(31-24)27(35)34-15-19-9-10-20(34)14-32(19)16-22-25(17-5-7-18(28)8-6-17)30-23-4-2-3-13-33(22)23/h2-8,11-13,19-20H,9-10,14-16H2,1H3. The molecule has 3 aromatic heterocycles. The Hall–Kier alpha value is -3.30. The lowest BCUT2D eigenvalue weighted by Crippen LogP contribution is -2.63. The van der Waals surface area contributed by atoms with Gasteiger partial charge in [-0.2, -0.15) is 0 Å². The first kappa shape index (κ1) is 23.1. The molecule has 7 nitrogen and oxygen atoms in total. The van der Waals surface area contributed by atoms with Crippen molar-refractivity contribution in [3.8, 4) is 17.1 Å². The third kappa shape index (κ3) is 4.06. The summed E-state index contributed by atoms with van der Waals surface area (Å²) in [5.74, 6) is -0.758. The van der Waals surface area contributed by atoms with E-state index in [4.69, 9.17) is 9.72 Å². The van der Waals surface area contributed by atoms with Crippen LogP contribution in [0, 0.1) is 5.82 Å². The van der Waals surface area contributed by atoms with E-state index >= 15 is 0 Å². The number of aromatic nitrogens is 3. The van der Waals surface area contributed by atoms with Gasteiger partial charge in [0.25, 0.3) is 5.91 Å². The number of carbonyl (C=O) groups is 1. The van der Waals surface area contributed by atoms with Crippen LogP contribution in [0.4, 0.5) is 4.39 Å². The van der Waals surface area contributed by atoms with Gasteiger partial charge in [0.05, 0.1) is 18.5 Å². The number of imidazole rings is 1. The van der Waals surface area contributed by atoms with Gasteiger partial charge in [-0.05, 0) is 43.2 Å². The highest BCUT2D eigenvalue weighted by Gasteiger charge is 2.42. The average Bonchev–Trinajstić information content (AvgIpc) is 3.27. The largest absolute Gasteiger partial charge is 0.481 e. The van der Waals surface area contributed by atoms with Gasteiger partial charge in [-0.1, -0.05) is 34.1 Å². The van der Waals surface area contributed by atoms with Crippen LogP contribution in [0.3, 0.4) is 0 Å². The quantitative estimate of drug-likeness (QED) is 0.358. The fourth-order valence-corrected chi connectivity index (χ4v) is 5.68. The molecular weight excluding hydrogens is 525 g/mol. The van der Waals surface area contributed by atoms with Crippen LogP contribution in [-0.2, 0) is 6.54 Å². The van der Waals surface area contributed by atoms with E-state index in [0.717, 1.165) is 46.5 Å². The summed E-state index contributed by atoms with van der Waals surface area (Å²) in [4.78, 5) is 26.5. The molecule has 0 aliphatic carbocycles. The van der Waals surface area contributed by atoms with Crippen LogP contribution >= 0.6 is 15.9 Å². The van der Waals surface area contributed by atoms with Gasteiger partial charge in [0.1, 0.15) is 5.65 Å². The number of pyridine rings is 2. The Morgan fingerprint density at radius 2 is 1.86 bits per heavy atom. The zero-order valence-corrected chi connectivity index (χ0v) is 21.4. The summed E-state index contributed by atoms with van der Waals surface area (Å²) in [6, 6.07) is 17.1. The second-order valence-electron chi connectivity index (χ2n) is 9.30. The number of methoxy groups -OCH3 is 1. The minimum Gasteiger partial charge on any atom is -0.481 e. The third-order valence-corrected chi connectivity index (χ3v) is 7.76. The number of benzene rings is 1. The molecule has 7 rings (SSSR count). The van der Waals surface area contributed by atoms with Gasteiger partial charge in [-0.25, -0.2) is 14.4 Å². The first-order valence-corrected chi connectivity index (χ1v) is 12.8. The van der Waals surface area contributed by atoms with E-state index in [1.807, 2.05) is 30.3 Å². The van der Waals surface area contributed by atoms with Crippen LogP contribution in [0.25, 0.3) is 16.9 Å². The van der Waals surface area contributed by atoms with Crippen LogP contribution in [0.15, 0.2) is 65.3 Å². The Morgan fingerprint density at radius 1 is 1.06 bits per heavy atom. The van der Waals surface area contributed by atoms with Gasteiger partial charge in [0.2, 0.25) is 5.88 Å². The van der Waals surface area contributed by atoms with Crippen molar-refractivity contribution in [2.24, 2.45) is 0 Å². The summed E-state index contributed by atoms with van der Waals surface area (Å²) in [5.41, 5.74) is 3.89. The maximum atomic E-state index is 14.5. The molecule has 1 amide bonds. The molecule has 2 bridgehead atoms.